The number of hydrogen-bond donors (Lipinski definition) is 2. The van der Waals surface area contributed by atoms with Crippen LogP contribution in [-0.2, 0) is 9.84 Å². The van der Waals surface area contributed by atoms with Crippen molar-refractivity contribution in [2.24, 2.45) is 0 Å². The number of nitrogens with one attached hydrogen (secondary N) is 2. The zero-order chi connectivity index (χ0) is 10.7. The lowest BCUT2D eigenvalue weighted by atomic mass is 10.3. The fourth-order valence-electron chi connectivity index (χ4n) is 2.08. The van der Waals surface area contributed by atoms with Gasteiger partial charge < -0.3 is 10.6 Å². The fraction of sp³-hybridized carbons (Fsp3) is 1.00. The highest BCUT2D eigenvalue weighted by Gasteiger charge is 2.27. The van der Waals surface area contributed by atoms with Crippen molar-refractivity contribution in [2.45, 2.75) is 12.5 Å². The monoisotopic (exact) mass is 233 g/mol. The van der Waals surface area contributed by atoms with Crippen LogP contribution in [0.3, 0.4) is 0 Å². The maximum Gasteiger partial charge on any atom is 0.151 e. The normalized spacial score (nSPS) is 31.9. The van der Waals surface area contributed by atoms with Gasteiger partial charge in [0.1, 0.15) is 0 Å². The van der Waals surface area contributed by atoms with Gasteiger partial charge in [-0.1, -0.05) is 0 Å². The molecule has 0 aliphatic carbocycles. The first-order chi connectivity index (χ1) is 7.16. The van der Waals surface area contributed by atoms with E-state index in [1.807, 2.05) is 0 Å². The van der Waals surface area contributed by atoms with E-state index in [0.29, 0.717) is 11.5 Å². The van der Waals surface area contributed by atoms with Gasteiger partial charge in [0.15, 0.2) is 9.84 Å². The van der Waals surface area contributed by atoms with E-state index in [1.165, 1.54) is 0 Å². The van der Waals surface area contributed by atoms with Crippen LogP contribution in [0.15, 0.2) is 0 Å². The Labute approximate surface area is 91.1 Å². The van der Waals surface area contributed by atoms with Crippen molar-refractivity contribution in [3.63, 3.8) is 0 Å². The van der Waals surface area contributed by atoms with E-state index in [9.17, 15) is 8.42 Å². The third kappa shape index (κ3) is 3.41. The molecule has 2 heterocycles. The molecule has 5 nitrogen and oxygen atoms in total. The minimum atomic E-state index is -2.74. The van der Waals surface area contributed by atoms with Crippen LogP contribution in [0, 0.1) is 0 Å². The lowest BCUT2D eigenvalue weighted by molar-refractivity contribution is 0.216. The van der Waals surface area contributed by atoms with Gasteiger partial charge in [-0.2, -0.15) is 0 Å². The van der Waals surface area contributed by atoms with Gasteiger partial charge in [0.2, 0.25) is 0 Å². The predicted octanol–water partition coefficient (Wildman–Crippen LogP) is -1.37. The Hall–Kier alpha value is -0.170. The first-order valence-electron chi connectivity index (χ1n) is 5.53. The van der Waals surface area contributed by atoms with E-state index in [2.05, 4.69) is 15.5 Å². The summed E-state index contributed by atoms with van der Waals surface area (Å²) in [5.74, 6) is 0.672. The molecule has 2 aliphatic rings. The first-order valence-corrected chi connectivity index (χ1v) is 7.35. The molecule has 0 amide bonds. The van der Waals surface area contributed by atoms with Crippen LogP contribution in [0.5, 0.6) is 0 Å². The van der Waals surface area contributed by atoms with Crippen LogP contribution >= 0.6 is 0 Å². The maximum absolute atomic E-state index is 11.2. The minimum absolute atomic E-state index is 0.171. The summed E-state index contributed by atoms with van der Waals surface area (Å²) in [5.41, 5.74) is 0. The van der Waals surface area contributed by atoms with Crippen molar-refractivity contribution in [1.29, 1.82) is 0 Å². The quantitative estimate of drug-likeness (QED) is 0.629. The Balaban J connectivity index is 1.70. The summed E-state index contributed by atoms with van der Waals surface area (Å²) in [5, 5.41) is 6.62. The van der Waals surface area contributed by atoms with Gasteiger partial charge in [0, 0.05) is 38.9 Å². The zero-order valence-electron chi connectivity index (χ0n) is 8.91. The van der Waals surface area contributed by atoms with Crippen LogP contribution in [-0.4, -0.2) is 63.7 Å². The lowest BCUT2D eigenvalue weighted by Crippen LogP contribution is -2.49. The van der Waals surface area contributed by atoms with Crippen molar-refractivity contribution in [2.75, 3.05) is 44.4 Å². The number of rotatable bonds is 3. The average Bonchev–Trinajstić information content (AvgIpc) is 2.57. The number of hydrogen-bond acceptors (Lipinski definition) is 5. The third-order valence-corrected chi connectivity index (χ3v) is 4.81. The Kier molecular flexibility index (Phi) is 3.60. The Bertz CT molecular complexity index is 298. The predicted molar refractivity (Wildman–Crippen MR) is 59.5 cm³/mol. The van der Waals surface area contributed by atoms with Crippen LogP contribution < -0.4 is 10.6 Å². The molecule has 88 valence electrons. The molecule has 15 heavy (non-hydrogen) atoms. The van der Waals surface area contributed by atoms with Gasteiger partial charge in [-0.05, 0) is 6.42 Å². The molecule has 2 rings (SSSR count). The van der Waals surface area contributed by atoms with Gasteiger partial charge >= 0.3 is 0 Å². The van der Waals surface area contributed by atoms with Crippen LogP contribution in [0.1, 0.15) is 6.42 Å². The molecule has 1 unspecified atom stereocenters. The molecule has 0 spiro atoms. The smallest absolute Gasteiger partial charge is 0.151 e. The topological polar surface area (TPSA) is 61.4 Å². The summed E-state index contributed by atoms with van der Waals surface area (Å²) in [6, 6.07) is 0.171. The second-order valence-electron chi connectivity index (χ2n) is 4.33. The Morgan fingerprint density at radius 1 is 1.33 bits per heavy atom. The maximum atomic E-state index is 11.2. The minimum Gasteiger partial charge on any atom is -0.314 e. The highest BCUT2D eigenvalue weighted by molar-refractivity contribution is 7.91. The SMILES string of the molecule is O=S1(=O)CCC(NCN2CCNCC2)C1. The molecule has 2 saturated heterocycles. The molecular weight excluding hydrogens is 214 g/mol. The van der Waals surface area contributed by atoms with Gasteiger partial charge in [-0.15, -0.1) is 0 Å². The lowest BCUT2D eigenvalue weighted by Gasteiger charge is -2.28. The Morgan fingerprint density at radius 3 is 2.67 bits per heavy atom. The molecular formula is C9H19N3O2S. The molecule has 0 bridgehead atoms. The van der Waals surface area contributed by atoms with Gasteiger partial charge in [0.25, 0.3) is 0 Å². The largest absolute Gasteiger partial charge is 0.314 e. The molecule has 0 aromatic heterocycles. The molecule has 0 aromatic rings. The molecule has 2 N–H and O–H groups in total. The average molecular weight is 233 g/mol. The molecule has 1 atom stereocenters. The van der Waals surface area contributed by atoms with Crippen molar-refractivity contribution in [3.8, 4) is 0 Å². The second kappa shape index (κ2) is 4.78. The van der Waals surface area contributed by atoms with Gasteiger partial charge in [-0.25, -0.2) is 8.42 Å². The van der Waals surface area contributed by atoms with E-state index in [-0.39, 0.29) is 6.04 Å². The standard InChI is InChI=1S/C9H19N3O2S/c13-15(14)6-1-9(7-15)11-8-12-4-2-10-3-5-12/h9-11H,1-8H2. The molecule has 2 fully saturated rings. The summed E-state index contributed by atoms with van der Waals surface area (Å²) in [6.07, 6.45) is 0.772. The summed E-state index contributed by atoms with van der Waals surface area (Å²) in [6.45, 7) is 4.98. The summed E-state index contributed by atoms with van der Waals surface area (Å²) < 4.78 is 22.5. The van der Waals surface area contributed by atoms with Crippen molar-refractivity contribution in [3.05, 3.63) is 0 Å². The molecule has 0 saturated carbocycles. The number of piperazine rings is 1. The number of nitrogens with zero attached hydrogens (tertiary/aromatic N) is 1. The van der Waals surface area contributed by atoms with Gasteiger partial charge in [-0.3, -0.25) is 4.90 Å². The van der Waals surface area contributed by atoms with E-state index >= 15 is 0 Å². The molecule has 6 heteroatoms. The van der Waals surface area contributed by atoms with Crippen molar-refractivity contribution in [1.82, 2.24) is 15.5 Å². The van der Waals surface area contributed by atoms with E-state index in [0.717, 1.165) is 39.3 Å². The van der Waals surface area contributed by atoms with E-state index in [1.54, 1.807) is 0 Å². The molecule has 0 radical (unpaired) electrons. The number of sulfone groups is 1. The molecule has 0 aromatic carbocycles. The summed E-state index contributed by atoms with van der Waals surface area (Å²) in [4.78, 5) is 2.32. The van der Waals surface area contributed by atoms with Crippen LogP contribution in [0.2, 0.25) is 0 Å². The molecule has 2 aliphatic heterocycles. The first kappa shape index (κ1) is 11.3. The van der Waals surface area contributed by atoms with Crippen LogP contribution in [0.25, 0.3) is 0 Å². The summed E-state index contributed by atoms with van der Waals surface area (Å²) in [7, 11) is -2.74. The fourth-order valence-corrected chi connectivity index (χ4v) is 3.79. The highest BCUT2D eigenvalue weighted by Crippen LogP contribution is 2.11. The summed E-state index contributed by atoms with van der Waals surface area (Å²) >= 11 is 0. The second-order valence-corrected chi connectivity index (χ2v) is 6.56. The van der Waals surface area contributed by atoms with Gasteiger partial charge in [0.05, 0.1) is 11.5 Å². The third-order valence-electron chi connectivity index (χ3n) is 3.05. The van der Waals surface area contributed by atoms with Crippen molar-refractivity contribution >= 4 is 9.84 Å². The highest BCUT2D eigenvalue weighted by atomic mass is 32.2. The van der Waals surface area contributed by atoms with E-state index < -0.39 is 9.84 Å². The van der Waals surface area contributed by atoms with Crippen molar-refractivity contribution < 1.29 is 8.42 Å². The van der Waals surface area contributed by atoms with Crippen LogP contribution in [0.4, 0.5) is 0 Å². The zero-order valence-corrected chi connectivity index (χ0v) is 9.72. The Morgan fingerprint density at radius 2 is 2.07 bits per heavy atom. The van der Waals surface area contributed by atoms with E-state index in [4.69, 9.17) is 0 Å².